The second-order valence-electron chi connectivity index (χ2n) is 5.23. The standard InChI is InChI=1S/C17H24N4O/c1-5-20(6-2)17(22)18-12-16-13(3)19-21(14(16)4)15-10-8-7-9-11-15/h7-11H,5-6,12H2,1-4H3,(H,18,22). The number of amides is 2. The van der Waals surface area contributed by atoms with E-state index in [9.17, 15) is 4.79 Å². The van der Waals surface area contributed by atoms with E-state index in [1.165, 1.54) is 0 Å². The van der Waals surface area contributed by atoms with Crippen LogP contribution in [-0.4, -0.2) is 33.8 Å². The average molecular weight is 300 g/mol. The molecular weight excluding hydrogens is 276 g/mol. The van der Waals surface area contributed by atoms with Crippen molar-refractivity contribution in [3.05, 3.63) is 47.3 Å². The van der Waals surface area contributed by atoms with Gasteiger partial charge in [0.2, 0.25) is 0 Å². The van der Waals surface area contributed by atoms with Crippen LogP contribution in [0.4, 0.5) is 4.79 Å². The van der Waals surface area contributed by atoms with Gasteiger partial charge in [-0.25, -0.2) is 9.48 Å². The number of nitrogens with zero attached hydrogens (tertiary/aromatic N) is 3. The minimum absolute atomic E-state index is 0.0312. The second kappa shape index (κ2) is 7.11. The maximum atomic E-state index is 12.1. The van der Waals surface area contributed by atoms with Gasteiger partial charge in [-0.15, -0.1) is 0 Å². The van der Waals surface area contributed by atoms with E-state index in [4.69, 9.17) is 0 Å². The Labute approximate surface area is 131 Å². The lowest BCUT2D eigenvalue weighted by Crippen LogP contribution is -2.39. The lowest BCUT2D eigenvalue weighted by atomic mass is 10.2. The molecule has 0 aliphatic heterocycles. The summed E-state index contributed by atoms with van der Waals surface area (Å²) >= 11 is 0. The highest BCUT2D eigenvalue weighted by molar-refractivity contribution is 5.74. The van der Waals surface area contributed by atoms with Gasteiger partial charge in [-0.3, -0.25) is 0 Å². The number of hydrogen-bond acceptors (Lipinski definition) is 2. The van der Waals surface area contributed by atoms with Crippen molar-refractivity contribution in [1.29, 1.82) is 0 Å². The molecule has 0 atom stereocenters. The molecule has 0 unspecified atom stereocenters. The summed E-state index contributed by atoms with van der Waals surface area (Å²) in [5.41, 5.74) is 4.11. The van der Waals surface area contributed by atoms with E-state index in [0.717, 1.165) is 22.6 Å². The number of para-hydroxylation sites is 1. The molecule has 2 aromatic rings. The van der Waals surface area contributed by atoms with Crippen molar-refractivity contribution in [2.75, 3.05) is 13.1 Å². The van der Waals surface area contributed by atoms with E-state index in [1.807, 2.05) is 62.7 Å². The molecule has 1 N–H and O–H groups in total. The zero-order valence-corrected chi connectivity index (χ0v) is 13.8. The summed E-state index contributed by atoms with van der Waals surface area (Å²) in [6.45, 7) is 9.89. The number of aromatic nitrogens is 2. The lowest BCUT2D eigenvalue weighted by molar-refractivity contribution is 0.203. The van der Waals surface area contributed by atoms with Crippen LogP contribution in [0.3, 0.4) is 0 Å². The molecule has 22 heavy (non-hydrogen) atoms. The summed E-state index contributed by atoms with van der Waals surface area (Å²) in [4.78, 5) is 13.8. The van der Waals surface area contributed by atoms with Crippen LogP contribution in [0.2, 0.25) is 0 Å². The van der Waals surface area contributed by atoms with E-state index in [1.54, 1.807) is 4.90 Å². The smallest absolute Gasteiger partial charge is 0.317 e. The third-order valence-corrected chi connectivity index (χ3v) is 3.91. The maximum Gasteiger partial charge on any atom is 0.317 e. The van der Waals surface area contributed by atoms with Gasteiger partial charge in [0.05, 0.1) is 11.4 Å². The van der Waals surface area contributed by atoms with Gasteiger partial charge < -0.3 is 10.2 Å². The number of nitrogens with one attached hydrogen (secondary N) is 1. The highest BCUT2D eigenvalue weighted by Crippen LogP contribution is 2.17. The zero-order chi connectivity index (χ0) is 16.1. The quantitative estimate of drug-likeness (QED) is 0.922. The van der Waals surface area contributed by atoms with Crippen LogP contribution in [0.5, 0.6) is 0 Å². The van der Waals surface area contributed by atoms with E-state index in [2.05, 4.69) is 10.4 Å². The predicted molar refractivity (Wildman–Crippen MR) is 88.2 cm³/mol. The van der Waals surface area contributed by atoms with Crippen molar-refractivity contribution < 1.29 is 4.79 Å². The average Bonchev–Trinajstić information content (AvgIpc) is 2.82. The fraction of sp³-hybridized carbons (Fsp3) is 0.412. The van der Waals surface area contributed by atoms with Gasteiger partial charge in [0, 0.05) is 30.9 Å². The normalized spacial score (nSPS) is 10.5. The molecule has 5 heteroatoms. The predicted octanol–water partition coefficient (Wildman–Crippen LogP) is 3.04. The van der Waals surface area contributed by atoms with Crippen molar-refractivity contribution in [1.82, 2.24) is 20.0 Å². The Morgan fingerprint density at radius 3 is 2.41 bits per heavy atom. The molecule has 2 amide bonds. The molecule has 0 aliphatic rings. The summed E-state index contributed by atoms with van der Waals surface area (Å²) < 4.78 is 1.92. The third kappa shape index (κ3) is 3.30. The molecule has 1 aromatic carbocycles. The first-order valence-corrected chi connectivity index (χ1v) is 7.71. The summed E-state index contributed by atoms with van der Waals surface area (Å²) in [6, 6.07) is 9.99. The first-order valence-electron chi connectivity index (χ1n) is 7.71. The number of rotatable bonds is 5. The number of urea groups is 1. The van der Waals surface area contributed by atoms with Gasteiger partial charge in [-0.1, -0.05) is 18.2 Å². The Morgan fingerprint density at radius 1 is 1.18 bits per heavy atom. The number of carbonyl (C=O) groups is 1. The van der Waals surface area contributed by atoms with Gasteiger partial charge in [-0.2, -0.15) is 5.10 Å². The van der Waals surface area contributed by atoms with E-state index >= 15 is 0 Å². The van der Waals surface area contributed by atoms with Gasteiger partial charge in [-0.05, 0) is 39.8 Å². The van der Waals surface area contributed by atoms with Crippen molar-refractivity contribution in [2.45, 2.75) is 34.2 Å². The highest BCUT2D eigenvalue weighted by atomic mass is 16.2. The zero-order valence-electron chi connectivity index (χ0n) is 13.8. The van der Waals surface area contributed by atoms with Crippen LogP contribution in [0.1, 0.15) is 30.8 Å². The molecule has 0 spiro atoms. The van der Waals surface area contributed by atoms with E-state index < -0.39 is 0 Å². The van der Waals surface area contributed by atoms with Gasteiger partial charge >= 0.3 is 6.03 Å². The summed E-state index contributed by atoms with van der Waals surface area (Å²) in [6.07, 6.45) is 0. The van der Waals surface area contributed by atoms with Crippen LogP contribution < -0.4 is 5.32 Å². The Bertz CT molecular complexity index is 630. The first kappa shape index (κ1) is 16.1. The van der Waals surface area contributed by atoms with Crippen molar-refractivity contribution in [3.63, 3.8) is 0 Å². The van der Waals surface area contributed by atoms with Gasteiger partial charge in [0.1, 0.15) is 0 Å². The summed E-state index contributed by atoms with van der Waals surface area (Å²) in [7, 11) is 0. The number of benzene rings is 1. The molecule has 0 saturated heterocycles. The van der Waals surface area contributed by atoms with Gasteiger partial charge in [0.25, 0.3) is 0 Å². The van der Waals surface area contributed by atoms with Crippen molar-refractivity contribution >= 4 is 6.03 Å². The Kier molecular flexibility index (Phi) is 5.20. The molecule has 0 aliphatic carbocycles. The number of hydrogen-bond donors (Lipinski definition) is 1. The van der Waals surface area contributed by atoms with Crippen LogP contribution in [0, 0.1) is 13.8 Å². The first-order chi connectivity index (χ1) is 10.6. The second-order valence-corrected chi connectivity index (χ2v) is 5.23. The minimum Gasteiger partial charge on any atom is -0.334 e. The van der Waals surface area contributed by atoms with Crippen LogP contribution >= 0.6 is 0 Å². The Morgan fingerprint density at radius 2 is 1.82 bits per heavy atom. The fourth-order valence-corrected chi connectivity index (χ4v) is 2.54. The molecule has 1 aromatic heterocycles. The summed E-state index contributed by atoms with van der Waals surface area (Å²) in [5, 5.41) is 7.58. The SMILES string of the molecule is CCN(CC)C(=O)NCc1c(C)nn(-c2ccccc2)c1C. The van der Waals surface area contributed by atoms with Crippen molar-refractivity contribution in [3.8, 4) is 5.69 Å². The molecule has 0 radical (unpaired) electrons. The minimum atomic E-state index is -0.0312. The molecule has 2 rings (SSSR count). The molecule has 5 nitrogen and oxygen atoms in total. The largest absolute Gasteiger partial charge is 0.334 e. The summed E-state index contributed by atoms with van der Waals surface area (Å²) in [5.74, 6) is 0. The third-order valence-electron chi connectivity index (χ3n) is 3.91. The van der Waals surface area contributed by atoms with Crippen LogP contribution in [-0.2, 0) is 6.54 Å². The number of carbonyl (C=O) groups excluding carboxylic acids is 1. The Hall–Kier alpha value is -2.30. The highest BCUT2D eigenvalue weighted by Gasteiger charge is 2.15. The van der Waals surface area contributed by atoms with Crippen molar-refractivity contribution in [2.24, 2.45) is 0 Å². The van der Waals surface area contributed by atoms with Gasteiger partial charge in [0.15, 0.2) is 0 Å². The maximum absolute atomic E-state index is 12.1. The van der Waals surface area contributed by atoms with Crippen LogP contribution in [0.15, 0.2) is 30.3 Å². The molecule has 1 heterocycles. The molecule has 118 valence electrons. The topological polar surface area (TPSA) is 50.2 Å². The monoisotopic (exact) mass is 300 g/mol. The molecule has 0 fully saturated rings. The molecule has 0 saturated carbocycles. The fourth-order valence-electron chi connectivity index (χ4n) is 2.54. The van der Waals surface area contributed by atoms with E-state index in [-0.39, 0.29) is 6.03 Å². The lowest BCUT2D eigenvalue weighted by Gasteiger charge is -2.19. The van der Waals surface area contributed by atoms with E-state index in [0.29, 0.717) is 19.6 Å². The Balaban J connectivity index is 2.16. The number of aryl methyl sites for hydroxylation is 1. The molecular formula is C17H24N4O. The van der Waals surface area contributed by atoms with Crippen LogP contribution in [0.25, 0.3) is 5.69 Å². The molecule has 0 bridgehead atoms.